The van der Waals surface area contributed by atoms with Crippen LogP contribution in [-0.2, 0) is 6.54 Å². The molecule has 1 heterocycles. The maximum absolute atomic E-state index is 12.1. The molecule has 0 aliphatic carbocycles. The molecule has 0 atom stereocenters. The van der Waals surface area contributed by atoms with Crippen molar-refractivity contribution in [2.75, 3.05) is 19.5 Å². The van der Waals surface area contributed by atoms with Crippen LogP contribution in [0.5, 0.6) is 11.5 Å². The van der Waals surface area contributed by atoms with Crippen LogP contribution in [0.15, 0.2) is 30.6 Å². The Morgan fingerprint density at radius 3 is 2.65 bits per heavy atom. The van der Waals surface area contributed by atoms with E-state index in [4.69, 9.17) is 9.47 Å². The highest BCUT2D eigenvalue weighted by Gasteiger charge is 2.11. The van der Waals surface area contributed by atoms with Crippen LogP contribution in [0.4, 0.5) is 5.69 Å². The first kappa shape index (κ1) is 13.9. The van der Waals surface area contributed by atoms with Gasteiger partial charge in [-0.3, -0.25) is 9.48 Å². The van der Waals surface area contributed by atoms with Crippen molar-refractivity contribution in [3.8, 4) is 11.5 Å². The molecule has 6 nitrogen and oxygen atoms in total. The fourth-order valence-electron chi connectivity index (χ4n) is 1.78. The smallest absolute Gasteiger partial charge is 0.255 e. The Balaban J connectivity index is 2.16. The van der Waals surface area contributed by atoms with Crippen LogP contribution in [-0.4, -0.2) is 29.9 Å². The molecule has 6 heteroatoms. The minimum Gasteiger partial charge on any atom is -0.493 e. The predicted octanol–water partition coefficient (Wildman–Crippen LogP) is 2.17. The van der Waals surface area contributed by atoms with Crippen molar-refractivity contribution < 1.29 is 14.3 Å². The van der Waals surface area contributed by atoms with Gasteiger partial charge in [-0.25, -0.2) is 0 Å². The lowest BCUT2D eigenvalue weighted by molar-refractivity contribution is 0.102. The minimum absolute atomic E-state index is 0.221. The molecule has 1 N–H and O–H groups in total. The van der Waals surface area contributed by atoms with E-state index in [1.807, 2.05) is 6.92 Å². The average Bonchev–Trinajstić information content (AvgIpc) is 2.94. The highest BCUT2D eigenvalue weighted by atomic mass is 16.5. The number of ether oxygens (including phenoxy) is 2. The molecule has 2 rings (SSSR count). The zero-order chi connectivity index (χ0) is 14.5. The number of hydrogen-bond donors (Lipinski definition) is 1. The van der Waals surface area contributed by atoms with Gasteiger partial charge in [0, 0.05) is 18.3 Å². The van der Waals surface area contributed by atoms with Gasteiger partial charge in [0.25, 0.3) is 5.91 Å². The van der Waals surface area contributed by atoms with Gasteiger partial charge in [-0.1, -0.05) is 0 Å². The number of hydrogen-bond acceptors (Lipinski definition) is 4. The number of aryl methyl sites for hydroxylation is 1. The lowest BCUT2D eigenvalue weighted by Gasteiger charge is -2.09. The largest absolute Gasteiger partial charge is 0.493 e. The summed E-state index contributed by atoms with van der Waals surface area (Å²) in [6.07, 6.45) is 3.39. The highest BCUT2D eigenvalue weighted by Crippen LogP contribution is 2.27. The van der Waals surface area contributed by atoms with Gasteiger partial charge in [0.15, 0.2) is 11.5 Å². The molecule has 1 aromatic heterocycles. The first-order valence-corrected chi connectivity index (χ1v) is 6.23. The van der Waals surface area contributed by atoms with E-state index in [1.165, 1.54) is 7.11 Å². The Labute approximate surface area is 117 Å². The molecule has 2 aromatic rings. The molecule has 0 aliphatic rings. The van der Waals surface area contributed by atoms with Gasteiger partial charge in [0.2, 0.25) is 0 Å². The van der Waals surface area contributed by atoms with Crippen LogP contribution >= 0.6 is 0 Å². The van der Waals surface area contributed by atoms with Crippen molar-refractivity contribution in [3.63, 3.8) is 0 Å². The highest BCUT2D eigenvalue weighted by molar-refractivity contribution is 6.04. The number of nitrogens with one attached hydrogen (secondary N) is 1. The van der Waals surface area contributed by atoms with E-state index in [-0.39, 0.29) is 5.91 Å². The lowest BCUT2D eigenvalue weighted by Crippen LogP contribution is -2.11. The van der Waals surface area contributed by atoms with Gasteiger partial charge in [-0.2, -0.15) is 5.10 Å². The Morgan fingerprint density at radius 2 is 2.05 bits per heavy atom. The summed E-state index contributed by atoms with van der Waals surface area (Å²) in [5, 5.41) is 6.88. The molecule has 1 aromatic carbocycles. The lowest BCUT2D eigenvalue weighted by atomic mass is 10.2. The van der Waals surface area contributed by atoms with Crippen LogP contribution in [0.1, 0.15) is 17.3 Å². The number of benzene rings is 1. The summed E-state index contributed by atoms with van der Waals surface area (Å²) in [5.41, 5.74) is 1.15. The predicted molar refractivity (Wildman–Crippen MR) is 75.4 cm³/mol. The number of carbonyl (C=O) groups excluding carboxylic acids is 1. The fraction of sp³-hybridized carbons (Fsp3) is 0.286. The zero-order valence-electron chi connectivity index (χ0n) is 11.7. The second-order valence-electron chi connectivity index (χ2n) is 4.11. The maximum Gasteiger partial charge on any atom is 0.255 e. The number of carbonyl (C=O) groups is 1. The van der Waals surface area contributed by atoms with E-state index in [0.29, 0.717) is 22.7 Å². The average molecular weight is 275 g/mol. The molecule has 0 aliphatic heterocycles. The van der Waals surface area contributed by atoms with Crippen molar-refractivity contribution >= 4 is 11.6 Å². The maximum atomic E-state index is 12.1. The molecular weight excluding hydrogens is 258 g/mol. The SMILES string of the molecule is CCn1cc(NC(=O)c2ccc(OC)c(OC)c2)cn1. The summed E-state index contributed by atoms with van der Waals surface area (Å²) in [6, 6.07) is 5.02. The summed E-state index contributed by atoms with van der Waals surface area (Å²) >= 11 is 0. The fourth-order valence-corrected chi connectivity index (χ4v) is 1.78. The van der Waals surface area contributed by atoms with Crippen molar-refractivity contribution in [3.05, 3.63) is 36.2 Å². The summed E-state index contributed by atoms with van der Waals surface area (Å²) in [7, 11) is 3.08. The third-order valence-electron chi connectivity index (χ3n) is 2.86. The minimum atomic E-state index is -0.221. The third kappa shape index (κ3) is 2.90. The van der Waals surface area contributed by atoms with Gasteiger partial charge in [0.1, 0.15) is 0 Å². The number of rotatable bonds is 5. The molecule has 0 unspecified atom stereocenters. The van der Waals surface area contributed by atoms with E-state index >= 15 is 0 Å². The van der Waals surface area contributed by atoms with Crippen LogP contribution in [0.25, 0.3) is 0 Å². The van der Waals surface area contributed by atoms with Crippen molar-refractivity contribution in [2.45, 2.75) is 13.5 Å². The van der Waals surface area contributed by atoms with Crippen molar-refractivity contribution in [2.24, 2.45) is 0 Å². The normalized spacial score (nSPS) is 10.2. The van der Waals surface area contributed by atoms with Gasteiger partial charge >= 0.3 is 0 Å². The van der Waals surface area contributed by atoms with Crippen molar-refractivity contribution in [1.29, 1.82) is 0 Å². The van der Waals surface area contributed by atoms with E-state index in [2.05, 4.69) is 10.4 Å². The van der Waals surface area contributed by atoms with Gasteiger partial charge in [-0.05, 0) is 25.1 Å². The molecule has 0 radical (unpaired) electrons. The Morgan fingerprint density at radius 1 is 1.30 bits per heavy atom. The zero-order valence-corrected chi connectivity index (χ0v) is 11.7. The topological polar surface area (TPSA) is 65.4 Å². The van der Waals surface area contributed by atoms with E-state index in [9.17, 15) is 4.79 Å². The van der Waals surface area contributed by atoms with E-state index < -0.39 is 0 Å². The quantitative estimate of drug-likeness (QED) is 0.908. The number of aromatic nitrogens is 2. The van der Waals surface area contributed by atoms with Gasteiger partial charge in [0.05, 0.1) is 26.1 Å². The second-order valence-corrected chi connectivity index (χ2v) is 4.11. The summed E-state index contributed by atoms with van der Waals surface area (Å²) < 4.78 is 12.1. The molecular formula is C14H17N3O3. The first-order valence-electron chi connectivity index (χ1n) is 6.23. The Hall–Kier alpha value is -2.50. The second kappa shape index (κ2) is 6.10. The first-order chi connectivity index (χ1) is 9.67. The molecule has 1 amide bonds. The molecule has 0 fully saturated rings. The summed E-state index contributed by atoms with van der Waals surface area (Å²) in [5.74, 6) is 0.883. The van der Waals surface area contributed by atoms with Gasteiger partial charge < -0.3 is 14.8 Å². The van der Waals surface area contributed by atoms with Crippen LogP contribution in [0.2, 0.25) is 0 Å². The molecule has 0 spiro atoms. The molecule has 0 saturated carbocycles. The van der Waals surface area contributed by atoms with E-state index in [1.54, 1.807) is 42.4 Å². The molecule has 0 bridgehead atoms. The van der Waals surface area contributed by atoms with Crippen LogP contribution < -0.4 is 14.8 Å². The van der Waals surface area contributed by atoms with E-state index in [0.717, 1.165) is 6.54 Å². The standard InChI is InChI=1S/C14H17N3O3/c1-4-17-9-11(8-15-17)16-14(18)10-5-6-12(19-2)13(7-10)20-3/h5-9H,4H2,1-3H3,(H,16,18). The summed E-state index contributed by atoms with van der Waals surface area (Å²) in [4.78, 5) is 12.1. The number of anilines is 1. The Bertz CT molecular complexity index is 607. The number of nitrogens with zero attached hydrogens (tertiary/aromatic N) is 2. The molecule has 106 valence electrons. The van der Waals surface area contributed by atoms with Crippen LogP contribution in [0.3, 0.4) is 0 Å². The molecule has 20 heavy (non-hydrogen) atoms. The third-order valence-corrected chi connectivity index (χ3v) is 2.86. The van der Waals surface area contributed by atoms with Crippen LogP contribution in [0, 0.1) is 0 Å². The number of methoxy groups -OCH3 is 2. The number of amides is 1. The van der Waals surface area contributed by atoms with Crippen molar-refractivity contribution in [1.82, 2.24) is 9.78 Å². The molecule has 0 saturated heterocycles. The monoisotopic (exact) mass is 275 g/mol. The Kier molecular flexibility index (Phi) is 4.24. The van der Waals surface area contributed by atoms with Gasteiger partial charge in [-0.15, -0.1) is 0 Å². The summed E-state index contributed by atoms with van der Waals surface area (Å²) in [6.45, 7) is 2.74.